The molecule has 46 heavy (non-hydrogen) atoms. The van der Waals surface area contributed by atoms with Crippen LogP contribution >= 0.6 is 0 Å². The summed E-state index contributed by atoms with van der Waals surface area (Å²) >= 11 is 0. The summed E-state index contributed by atoms with van der Waals surface area (Å²) in [5, 5.41) is 26.5. The highest BCUT2D eigenvalue weighted by Crippen LogP contribution is 2.61. The quantitative estimate of drug-likeness (QED) is 0.140. The molecular weight excluding hydrogens is 594 g/mol. The van der Waals surface area contributed by atoms with E-state index >= 15 is 0 Å². The number of methoxy groups -OCH3 is 1. The second-order valence-corrected chi connectivity index (χ2v) is 12.0. The minimum absolute atomic E-state index is 0.0547. The fourth-order valence-electron chi connectivity index (χ4n) is 7.46. The van der Waals surface area contributed by atoms with Crippen LogP contribution in [0.1, 0.15) is 63.4 Å². The zero-order valence-corrected chi connectivity index (χ0v) is 27.4. The molecule has 0 spiro atoms. The maximum Gasteiger partial charge on any atom is 0.412 e. The van der Waals surface area contributed by atoms with Crippen LogP contribution in [-0.4, -0.2) is 92.5 Å². The number of aliphatic hydroxyl groups is 2. The van der Waals surface area contributed by atoms with Crippen LogP contribution in [0.4, 0.5) is 9.59 Å². The van der Waals surface area contributed by atoms with Crippen LogP contribution < -0.4 is 14.8 Å². The Morgan fingerprint density at radius 1 is 1.17 bits per heavy atom. The second kappa shape index (κ2) is 16.3. The minimum Gasteiger partial charge on any atom is -0.459 e. The molecule has 254 valence electrons. The number of carbonyl (C=O) groups is 2. The van der Waals surface area contributed by atoms with E-state index in [4.69, 9.17) is 23.8 Å². The van der Waals surface area contributed by atoms with Crippen molar-refractivity contribution in [3.8, 4) is 11.5 Å². The summed E-state index contributed by atoms with van der Waals surface area (Å²) in [6.07, 6.45) is 7.65. The summed E-state index contributed by atoms with van der Waals surface area (Å²) in [6, 6.07) is 4.67. The van der Waals surface area contributed by atoms with Crippen molar-refractivity contribution in [3.05, 3.63) is 48.1 Å². The van der Waals surface area contributed by atoms with Crippen LogP contribution in [0.15, 0.2) is 47.7 Å². The van der Waals surface area contributed by atoms with E-state index < -0.39 is 29.9 Å². The van der Waals surface area contributed by atoms with Crippen molar-refractivity contribution in [3.63, 3.8) is 0 Å². The standard InChI is InChI=1S/C34H49N3O9/c1-6-18-44-34-29(37(3)33(41)42-4)21-27(36-43-5)25-19-22(12-8-10-16-38)24(13-9-11-17-39)30(31(25)34)26-20-23(14-15-28(26)46-34)45-32(40)35-7-2/h6,14-15,19-20,22,24,29-31,38-39H,1,7-13,16-18,21H2,2-5H3,(H,35,40)/t22-,24+,29-,30+,31+,34+/m0/s1. The summed E-state index contributed by atoms with van der Waals surface area (Å²) in [6.45, 7) is 6.49. The lowest BCUT2D eigenvalue weighted by molar-refractivity contribution is -0.253. The smallest absolute Gasteiger partial charge is 0.412 e. The SMILES string of the molecule is C=CCO[C@@]12Oc3ccc(OC(=O)NCC)cc3[C@H]3[C@H](CCCCO)[C@@H](CCCCO)C=C(C(=NOC)C[C@@H]1N(C)C(=O)OC)[C@H]32. The summed E-state index contributed by atoms with van der Waals surface area (Å²) in [5.74, 6) is -0.951. The molecule has 1 aromatic rings. The Balaban J connectivity index is 2.00. The Labute approximate surface area is 271 Å². The van der Waals surface area contributed by atoms with Gasteiger partial charge in [-0.1, -0.05) is 30.1 Å². The van der Waals surface area contributed by atoms with Crippen molar-refractivity contribution in [2.45, 2.75) is 69.6 Å². The molecule has 12 heteroatoms. The van der Waals surface area contributed by atoms with Gasteiger partial charge >= 0.3 is 12.2 Å². The van der Waals surface area contributed by atoms with Gasteiger partial charge in [0.2, 0.25) is 5.79 Å². The molecule has 4 rings (SSSR count). The van der Waals surface area contributed by atoms with Crippen molar-refractivity contribution in [1.82, 2.24) is 10.2 Å². The number of ether oxygens (including phenoxy) is 4. The molecule has 3 N–H and O–H groups in total. The molecular formula is C34H49N3O9. The van der Waals surface area contributed by atoms with Gasteiger partial charge in [0.05, 0.1) is 25.3 Å². The summed E-state index contributed by atoms with van der Waals surface area (Å²) in [7, 11) is 4.49. The molecule has 0 aromatic heterocycles. The zero-order valence-electron chi connectivity index (χ0n) is 27.4. The van der Waals surface area contributed by atoms with Gasteiger partial charge in [0.15, 0.2) is 0 Å². The van der Waals surface area contributed by atoms with E-state index in [0.717, 1.165) is 36.8 Å². The van der Waals surface area contributed by atoms with Gasteiger partial charge in [-0.3, -0.25) is 0 Å². The van der Waals surface area contributed by atoms with Crippen LogP contribution in [0, 0.1) is 17.8 Å². The van der Waals surface area contributed by atoms with Gasteiger partial charge in [0, 0.05) is 44.7 Å². The molecule has 1 aromatic carbocycles. The summed E-state index contributed by atoms with van der Waals surface area (Å²) in [4.78, 5) is 32.4. The fraction of sp³-hybridized carbons (Fsp3) is 0.618. The Kier molecular flexibility index (Phi) is 12.5. The van der Waals surface area contributed by atoms with Crippen LogP contribution in [0.2, 0.25) is 0 Å². The molecule has 2 amide bonds. The normalized spacial score (nSPS) is 27.0. The first-order chi connectivity index (χ1) is 22.3. The maximum atomic E-state index is 13.1. The number of benzene rings is 1. The van der Waals surface area contributed by atoms with Crippen molar-refractivity contribution < 1.29 is 43.6 Å². The third kappa shape index (κ3) is 7.19. The predicted octanol–water partition coefficient (Wildman–Crippen LogP) is 4.76. The highest BCUT2D eigenvalue weighted by Gasteiger charge is 2.65. The van der Waals surface area contributed by atoms with Gasteiger partial charge in [-0.25, -0.2) is 9.59 Å². The Hall–Kier alpha value is -3.61. The molecule has 12 nitrogen and oxygen atoms in total. The number of rotatable bonds is 15. The van der Waals surface area contributed by atoms with E-state index in [-0.39, 0.29) is 44.0 Å². The summed E-state index contributed by atoms with van der Waals surface area (Å²) in [5.41, 5.74) is 2.45. The molecule has 3 aliphatic rings. The highest BCUT2D eigenvalue weighted by molar-refractivity contribution is 6.02. The Bertz CT molecular complexity index is 1280. The van der Waals surface area contributed by atoms with E-state index in [9.17, 15) is 19.8 Å². The molecule has 2 aliphatic carbocycles. The van der Waals surface area contributed by atoms with E-state index in [2.05, 4.69) is 23.1 Å². The average Bonchev–Trinajstić information content (AvgIpc) is 3.05. The molecule has 6 atom stereocenters. The number of amides is 2. The molecule has 0 bridgehead atoms. The lowest BCUT2D eigenvalue weighted by atomic mass is 9.55. The average molecular weight is 644 g/mol. The third-order valence-electron chi connectivity index (χ3n) is 9.31. The van der Waals surface area contributed by atoms with Gasteiger partial charge in [0.1, 0.15) is 24.7 Å². The van der Waals surface area contributed by atoms with Crippen molar-refractivity contribution in [1.29, 1.82) is 0 Å². The van der Waals surface area contributed by atoms with Crippen molar-refractivity contribution in [2.75, 3.05) is 47.6 Å². The fourth-order valence-corrected chi connectivity index (χ4v) is 7.46. The van der Waals surface area contributed by atoms with Crippen LogP contribution in [0.5, 0.6) is 11.5 Å². The Morgan fingerprint density at radius 2 is 1.91 bits per heavy atom. The van der Waals surface area contributed by atoms with Crippen LogP contribution in [0.25, 0.3) is 0 Å². The van der Waals surface area contributed by atoms with Gasteiger partial charge in [-0.15, -0.1) is 6.58 Å². The number of carbonyl (C=O) groups excluding carboxylic acids is 2. The minimum atomic E-state index is -1.36. The van der Waals surface area contributed by atoms with E-state index in [1.807, 2.05) is 13.0 Å². The van der Waals surface area contributed by atoms with E-state index in [0.29, 0.717) is 36.6 Å². The molecule has 1 fully saturated rings. The number of allylic oxidation sites excluding steroid dienone is 1. The van der Waals surface area contributed by atoms with Crippen molar-refractivity contribution in [2.24, 2.45) is 22.9 Å². The topological polar surface area (TPSA) is 148 Å². The second-order valence-electron chi connectivity index (χ2n) is 12.0. The first-order valence-electron chi connectivity index (χ1n) is 16.2. The van der Waals surface area contributed by atoms with Crippen molar-refractivity contribution >= 4 is 17.9 Å². The number of nitrogens with one attached hydrogen (secondary N) is 1. The first-order valence-corrected chi connectivity index (χ1v) is 16.2. The number of hydrogen-bond donors (Lipinski definition) is 3. The number of oxime groups is 1. The van der Waals surface area contributed by atoms with E-state index in [1.165, 1.54) is 19.1 Å². The number of unbranched alkanes of at least 4 members (excludes halogenated alkanes) is 2. The monoisotopic (exact) mass is 643 g/mol. The number of aliphatic hydroxyl groups excluding tert-OH is 2. The predicted molar refractivity (Wildman–Crippen MR) is 172 cm³/mol. The van der Waals surface area contributed by atoms with Gasteiger partial charge in [-0.2, -0.15) is 0 Å². The van der Waals surface area contributed by atoms with Crippen LogP contribution in [0.3, 0.4) is 0 Å². The molecule has 0 saturated heterocycles. The third-order valence-corrected chi connectivity index (χ3v) is 9.31. The zero-order chi connectivity index (χ0) is 33.3. The van der Waals surface area contributed by atoms with Crippen LogP contribution in [-0.2, 0) is 14.3 Å². The van der Waals surface area contributed by atoms with Gasteiger partial charge < -0.3 is 44.2 Å². The molecule has 0 unspecified atom stereocenters. The number of fused-ring (bicyclic) bond motifs is 2. The number of nitrogens with zero attached hydrogens (tertiary/aromatic N) is 2. The number of hydrogen-bond acceptors (Lipinski definition) is 10. The van der Waals surface area contributed by atoms with Gasteiger partial charge in [0.25, 0.3) is 0 Å². The van der Waals surface area contributed by atoms with Gasteiger partial charge in [-0.05, 0) is 68.2 Å². The van der Waals surface area contributed by atoms with E-state index in [1.54, 1.807) is 25.3 Å². The molecule has 0 radical (unpaired) electrons. The highest BCUT2D eigenvalue weighted by atomic mass is 16.7. The molecule has 1 heterocycles. The summed E-state index contributed by atoms with van der Waals surface area (Å²) < 4.78 is 24.5. The Morgan fingerprint density at radius 3 is 2.57 bits per heavy atom. The lowest BCUT2D eigenvalue weighted by Gasteiger charge is -2.59. The molecule has 1 saturated carbocycles. The maximum absolute atomic E-state index is 13.1. The first kappa shape index (κ1) is 35.2. The largest absolute Gasteiger partial charge is 0.459 e. The lowest BCUT2D eigenvalue weighted by Crippen LogP contribution is -2.69. The molecule has 1 aliphatic heterocycles. The number of likely N-dealkylation sites (N-methyl/N-ethyl adjacent to an activating group) is 1.